The molecule has 6 nitrogen and oxygen atoms in total. The fraction of sp³-hybridized carbons (Fsp3) is 0.0690. The quantitative estimate of drug-likeness (QED) is 0.259. The van der Waals surface area contributed by atoms with Gasteiger partial charge in [-0.15, -0.1) is 0 Å². The van der Waals surface area contributed by atoms with Gasteiger partial charge in [-0.05, 0) is 72.4 Å². The average molecular weight is 514 g/mol. The lowest BCUT2D eigenvalue weighted by atomic mass is 10.1. The first-order valence-corrected chi connectivity index (χ1v) is 11.9. The van der Waals surface area contributed by atoms with E-state index in [4.69, 9.17) is 17.0 Å². The Morgan fingerprint density at radius 1 is 0.757 bits per heavy atom. The first-order chi connectivity index (χ1) is 18.0. The summed E-state index contributed by atoms with van der Waals surface area (Å²) in [6, 6.07) is 29.0. The van der Waals surface area contributed by atoms with Crippen LogP contribution in [-0.4, -0.2) is 23.5 Å². The minimum atomic E-state index is -0.419. The lowest BCUT2D eigenvalue weighted by Crippen LogP contribution is -2.34. The van der Waals surface area contributed by atoms with Crippen molar-refractivity contribution in [2.24, 2.45) is 0 Å². The molecule has 0 bridgehead atoms. The molecule has 0 fully saturated rings. The molecule has 0 spiro atoms. The number of halogens is 1. The SMILES string of the molecule is O=C(Nc1ccc(F)cc1)c1cccc(NC(=S)NC(=O)c2ccccc2OCCc2ccccc2)c1. The predicted octanol–water partition coefficient (Wildman–Crippen LogP) is 5.83. The third-order valence-electron chi connectivity index (χ3n) is 5.33. The van der Waals surface area contributed by atoms with Gasteiger partial charge in [0.1, 0.15) is 11.6 Å². The molecular weight excluding hydrogens is 489 g/mol. The first kappa shape index (κ1) is 25.5. The number of para-hydroxylation sites is 1. The Balaban J connectivity index is 1.34. The summed E-state index contributed by atoms with van der Waals surface area (Å²) < 4.78 is 19.0. The Kier molecular flexibility index (Phi) is 8.57. The Hall–Kier alpha value is -4.56. The van der Waals surface area contributed by atoms with Gasteiger partial charge >= 0.3 is 0 Å². The first-order valence-electron chi connectivity index (χ1n) is 11.5. The van der Waals surface area contributed by atoms with Gasteiger partial charge in [0.15, 0.2) is 5.11 Å². The largest absolute Gasteiger partial charge is 0.492 e. The molecule has 0 aliphatic heterocycles. The van der Waals surface area contributed by atoms with Crippen LogP contribution in [0.25, 0.3) is 0 Å². The van der Waals surface area contributed by atoms with E-state index in [1.54, 1.807) is 48.5 Å². The van der Waals surface area contributed by atoms with E-state index in [1.807, 2.05) is 30.3 Å². The number of ether oxygens (including phenoxy) is 1. The van der Waals surface area contributed by atoms with E-state index in [-0.39, 0.29) is 16.8 Å². The molecule has 0 atom stereocenters. The number of anilines is 2. The van der Waals surface area contributed by atoms with Crippen molar-refractivity contribution in [3.63, 3.8) is 0 Å². The molecule has 2 amide bonds. The summed E-state index contributed by atoms with van der Waals surface area (Å²) >= 11 is 5.31. The summed E-state index contributed by atoms with van der Waals surface area (Å²) in [6.45, 7) is 0.420. The summed E-state index contributed by atoms with van der Waals surface area (Å²) in [5, 5.41) is 8.35. The number of benzene rings is 4. The van der Waals surface area contributed by atoms with E-state index in [9.17, 15) is 14.0 Å². The Morgan fingerprint density at radius 2 is 1.49 bits per heavy atom. The highest BCUT2D eigenvalue weighted by Gasteiger charge is 2.14. The van der Waals surface area contributed by atoms with E-state index in [1.165, 1.54) is 24.3 Å². The zero-order valence-electron chi connectivity index (χ0n) is 19.7. The third-order valence-corrected chi connectivity index (χ3v) is 5.54. The molecule has 0 aromatic heterocycles. The normalized spacial score (nSPS) is 10.3. The minimum absolute atomic E-state index is 0.0696. The van der Waals surface area contributed by atoms with Crippen LogP contribution in [0.15, 0.2) is 103 Å². The molecule has 0 heterocycles. The van der Waals surface area contributed by atoms with Gasteiger partial charge in [-0.2, -0.15) is 0 Å². The summed E-state index contributed by atoms with van der Waals surface area (Å²) in [5.74, 6) is -0.718. The maximum atomic E-state index is 13.1. The highest BCUT2D eigenvalue weighted by molar-refractivity contribution is 7.80. The number of rotatable bonds is 8. The fourth-order valence-electron chi connectivity index (χ4n) is 3.51. The maximum absolute atomic E-state index is 13.1. The second kappa shape index (κ2) is 12.4. The summed E-state index contributed by atoms with van der Waals surface area (Å²) in [5.41, 5.74) is 2.85. The topological polar surface area (TPSA) is 79.5 Å². The van der Waals surface area contributed by atoms with Gasteiger partial charge in [-0.25, -0.2) is 4.39 Å². The Bertz CT molecular complexity index is 1400. The van der Waals surface area contributed by atoms with Gasteiger partial charge < -0.3 is 15.4 Å². The number of amides is 2. The molecule has 0 saturated carbocycles. The zero-order chi connectivity index (χ0) is 26.0. The molecule has 4 aromatic carbocycles. The maximum Gasteiger partial charge on any atom is 0.261 e. The molecule has 37 heavy (non-hydrogen) atoms. The minimum Gasteiger partial charge on any atom is -0.492 e. The van der Waals surface area contributed by atoms with Crippen molar-refractivity contribution < 1.29 is 18.7 Å². The number of nitrogens with one attached hydrogen (secondary N) is 3. The second-order valence-corrected chi connectivity index (χ2v) is 8.44. The second-order valence-electron chi connectivity index (χ2n) is 8.03. The van der Waals surface area contributed by atoms with Gasteiger partial charge in [0.25, 0.3) is 11.8 Å². The van der Waals surface area contributed by atoms with E-state index in [0.29, 0.717) is 41.3 Å². The van der Waals surface area contributed by atoms with Crippen LogP contribution in [0.1, 0.15) is 26.3 Å². The van der Waals surface area contributed by atoms with Crippen LogP contribution >= 0.6 is 12.2 Å². The molecule has 8 heteroatoms. The Morgan fingerprint density at radius 3 is 2.27 bits per heavy atom. The van der Waals surface area contributed by atoms with Gasteiger partial charge in [-0.1, -0.05) is 48.5 Å². The summed E-state index contributed by atoms with van der Waals surface area (Å²) in [6.07, 6.45) is 0.710. The number of hydrogen-bond donors (Lipinski definition) is 3. The lowest BCUT2D eigenvalue weighted by molar-refractivity contribution is 0.0972. The number of thiocarbonyl (C=S) groups is 1. The Labute approximate surface area is 219 Å². The van der Waals surface area contributed by atoms with Crippen molar-refractivity contribution in [1.82, 2.24) is 5.32 Å². The van der Waals surface area contributed by atoms with Crippen molar-refractivity contribution in [3.05, 3.63) is 126 Å². The number of hydrogen-bond acceptors (Lipinski definition) is 4. The number of carbonyl (C=O) groups is 2. The van der Waals surface area contributed by atoms with Crippen molar-refractivity contribution in [2.45, 2.75) is 6.42 Å². The van der Waals surface area contributed by atoms with Gasteiger partial charge in [0.05, 0.1) is 12.2 Å². The van der Waals surface area contributed by atoms with Crippen molar-refractivity contribution >= 4 is 40.5 Å². The van der Waals surface area contributed by atoms with E-state index in [2.05, 4.69) is 16.0 Å². The number of carbonyl (C=O) groups excluding carboxylic acids is 2. The molecule has 0 radical (unpaired) electrons. The smallest absolute Gasteiger partial charge is 0.261 e. The molecule has 0 saturated heterocycles. The van der Waals surface area contributed by atoms with Gasteiger partial charge in [0.2, 0.25) is 0 Å². The van der Waals surface area contributed by atoms with Gasteiger partial charge in [-0.3, -0.25) is 14.9 Å². The monoisotopic (exact) mass is 513 g/mol. The van der Waals surface area contributed by atoms with E-state index in [0.717, 1.165) is 5.56 Å². The van der Waals surface area contributed by atoms with Crippen LogP contribution < -0.4 is 20.7 Å². The predicted molar refractivity (Wildman–Crippen MR) is 147 cm³/mol. The average Bonchev–Trinajstić information content (AvgIpc) is 2.91. The molecule has 3 N–H and O–H groups in total. The van der Waals surface area contributed by atoms with Gasteiger partial charge in [0, 0.05) is 23.4 Å². The molecule has 0 aliphatic rings. The molecule has 4 aromatic rings. The van der Waals surface area contributed by atoms with E-state index < -0.39 is 5.91 Å². The fourth-order valence-corrected chi connectivity index (χ4v) is 3.72. The van der Waals surface area contributed by atoms with Crippen LogP contribution in [-0.2, 0) is 6.42 Å². The van der Waals surface area contributed by atoms with Crippen LogP contribution in [0.4, 0.5) is 15.8 Å². The molecular formula is C29H24FN3O3S. The standard InChI is InChI=1S/C29H24FN3O3S/c30-22-13-15-23(16-14-22)31-27(34)21-9-6-10-24(19-21)32-29(37)33-28(35)25-11-4-5-12-26(25)36-18-17-20-7-2-1-3-8-20/h1-16,19H,17-18H2,(H,31,34)(H2,32,33,35,37). The van der Waals surface area contributed by atoms with Crippen LogP contribution in [0.3, 0.4) is 0 Å². The lowest BCUT2D eigenvalue weighted by Gasteiger charge is -2.13. The summed E-state index contributed by atoms with van der Waals surface area (Å²) in [7, 11) is 0. The molecule has 4 rings (SSSR count). The van der Waals surface area contributed by atoms with Crippen LogP contribution in [0, 0.1) is 5.82 Å². The molecule has 186 valence electrons. The van der Waals surface area contributed by atoms with Crippen molar-refractivity contribution in [1.29, 1.82) is 0 Å². The van der Waals surface area contributed by atoms with E-state index >= 15 is 0 Å². The van der Waals surface area contributed by atoms with Crippen molar-refractivity contribution in [3.8, 4) is 5.75 Å². The van der Waals surface area contributed by atoms with Crippen LogP contribution in [0.5, 0.6) is 5.75 Å². The molecule has 0 unspecified atom stereocenters. The highest BCUT2D eigenvalue weighted by Crippen LogP contribution is 2.19. The molecule has 0 aliphatic carbocycles. The summed E-state index contributed by atoms with van der Waals surface area (Å²) in [4.78, 5) is 25.5. The van der Waals surface area contributed by atoms with Crippen molar-refractivity contribution in [2.75, 3.05) is 17.2 Å². The highest BCUT2D eigenvalue weighted by atomic mass is 32.1. The zero-order valence-corrected chi connectivity index (χ0v) is 20.6. The van der Waals surface area contributed by atoms with Crippen LogP contribution in [0.2, 0.25) is 0 Å². The third kappa shape index (κ3) is 7.46.